The molecule has 6 nitrogen and oxygen atoms in total. The zero-order chi connectivity index (χ0) is 24.0. The van der Waals surface area contributed by atoms with E-state index in [1.54, 1.807) is 91.0 Å². The Balaban J connectivity index is 2.19. The smallest absolute Gasteiger partial charge is 0.155 e. The lowest BCUT2D eigenvalue weighted by Gasteiger charge is -2.52. The van der Waals surface area contributed by atoms with Crippen LogP contribution in [0, 0.1) is 0 Å². The summed E-state index contributed by atoms with van der Waals surface area (Å²) in [5.74, 6) is 0. The predicted octanol–water partition coefficient (Wildman–Crippen LogP) is 1.46. The molecule has 5 N–H and O–H groups in total. The Morgan fingerprint density at radius 3 is 1.45 bits per heavy atom. The molecule has 0 aromatic heterocycles. The molecule has 0 aliphatic carbocycles. The number of aldehydes is 1. The normalized spacial score (nSPS) is 17.8. The van der Waals surface area contributed by atoms with Crippen LogP contribution in [0.1, 0.15) is 16.7 Å². The molecule has 0 aliphatic rings. The van der Waals surface area contributed by atoms with E-state index in [-0.39, 0.29) is 25.5 Å². The minimum absolute atomic E-state index is 0.211. The first kappa shape index (κ1) is 24.8. The summed E-state index contributed by atoms with van der Waals surface area (Å²) in [6.45, 7) is -0.888. The van der Waals surface area contributed by atoms with Crippen molar-refractivity contribution in [3.05, 3.63) is 108 Å². The third-order valence-corrected chi connectivity index (χ3v) is 6.29. The van der Waals surface area contributed by atoms with Crippen molar-refractivity contribution >= 4 is 6.29 Å². The fourth-order valence-electron chi connectivity index (χ4n) is 4.36. The Kier molecular flexibility index (Phi) is 7.79. The Morgan fingerprint density at radius 2 is 1.06 bits per heavy atom. The molecule has 0 unspecified atom stereocenters. The standard InChI is InChI=1S/C27H30O6/c28-19-24(30)26(32,17-22-12-6-2-7-13-22)27(33,18-23-14-8-3-9-15-23)25(31,20-29)16-21-10-4-1-5-11-21/h1-15,20,24,28,30-33H,16-19H2/t24-,25+,26-,27-/m1/s1. The van der Waals surface area contributed by atoms with Gasteiger partial charge < -0.3 is 30.3 Å². The number of aliphatic hydroxyl groups is 5. The molecule has 0 spiro atoms. The molecule has 0 amide bonds. The van der Waals surface area contributed by atoms with Crippen LogP contribution in [0.5, 0.6) is 0 Å². The van der Waals surface area contributed by atoms with Gasteiger partial charge in [-0.05, 0) is 16.7 Å². The van der Waals surface area contributed by atoms with Crippen LogP contribution >= 0.6 is 0 Å². The van der Waals surface area contributed by atoms with Gasteiger partial charge in [0.25, 0.3) is 0 Å². The summed E-state index contributed by atoms with van der Waals surface area (Å²) in [5.41, 5.74) is -5.92. The van der Waals surface area contributed by atoms with E-state index in [1.807, 2.05) is 0 Å². The molecule has 0 aliphatic heterocycles. The van der Waals surface area contributed by atoms with Crippen molar-refractivity contribution in [1.82, 2.24) is 0 Å². The first-order valence-corrected chi connectivity index (χ1v) is 10.8. The topological polar surface area (TPSA) is 118 Å². The Hall–Kier alpha value is -2.87. The van der Waals surface area contributed by atoms with Crippen LogP contribution in [0.4, 0.5) is 0 Å². The second-order valence-electron chi connectivity index (χ2n) is 8.51. The molecule has 4 atom stereocenters. The Bertz CT molecular complexity index is 1010. The van der Waals surface area contributed by atoms with Gasteiger partial charge in [-0.3, -0.25) is 0 Å². The number of rotatable bonds is 11. The average molecular weight is 451 g/mol. The molecule has 0 radical (unpaired) electrons. The third-order valence-electron chi connectivity index (χ3n) is 6.29. The lowest BCUT2D eigenvalue weighted by Crippen LogP contribution is -2.75. The fourth-order valence-corrected chi connectivity index (χ4v) is 4.36. The highest BCUT2D eigenvalue weighted by Gasteiger charge is 2.64. The molecule has 3 aromatic rings. The van der Waals surface area contributed by atoms with Crippen molar-refractivity contribution in [2.24, 2.45) is 0 Å². The van der Waals surface area contributed by atoms with Gasteiger partial charge in [0.2, 0.25) is 0 Å². The minimum atomic E-state index is -2.57. The van der Waals surface area contributed by atoms with E-state index in [0.29, 0.717) is 16.7 Å². The van der Waals surface area contributed by atoms with Crippen LogP contribution in [-0.2, 0) is 24.1 Å². The third kappa shape index (κ3) is 5.05. The molecule has 0 saturated carbocycles. The molecule has 0 saturated heterocycles. The van der Waals surface area contributed by atoms with Crippen molar-refractivity contribution < 1.29 is 30.3 Å². The molecule has 33 heavy (non-hydrogen) atoms. The summed E-state index contributed by atoms with van der Waals surface area (Å²) in [6.07, 6.45) is -2.62. The molecular weight excluding hydrogens is 420 g/mol. The van der Waals surface area contributed by atoms with Crippen LogP contribution in [-0.4, -0.2) is 61.3 Å². The quantitative estimate of drug-likeness (QED) is 0.282. The van der Waals surface area contributed by atoms with E-state index in [4.69, 9.17) is 0 Å². The summed E-state index contributed by atoms with van der Waals surface area (Å²) in [4.78, 5) is 12.4. The maximum Gasteiger partial charge on any atom is 0.155 e. The summed E-state index contributed by atoms with van der Waals surface area (Å²) in [5, 5.41) is 56.2. The maximum absolute atomic E-state index is 12.4. The molecule has 174 valence electrons. The lowest BCUT2D eigenvalue weighted by molar-refractivity contribution is -0.266. The first-order chi connectivity index (χ1) is 15.8. The van der Waals surface area contributed by atoms with Gasteiger partial charge >= 0.3 is 0 Å². The van der Waals surface area contributed by atoms with E-state index >= 15 is 0 Å². The van der Waals surface area contributed by atoms with Crippen molar-refractivity contribution in [3.63, 3.8) is 0 Å². The molecule has 0 fully saturated rings. The van der Waals surface area contributed by atoms with Gasteiger partial charge in [0, 0.05) is 19.3 Å². The van der Waals surface area contributed by atoms with Crippen molar-refractivity contribution in [3.8, 4) is 0 Å². The fraction of sp³-hybridized carbons (Fsp3) is 0.296. The van der Waals surface area contributed by atoms with Gasteiger partial charge in [-0.2, -0.15) is 0 Å². The zero-order valence-corrected chi connectivity index (χ0v) is 18.3. The van der Waals surface area contributed by atoms with Gasteiger partial charge in [0.15, 0.2) is 11.9 Å². The highest BCUT2D eigenvalue weighted by molar-refractivity contribution is 5.67. The molecule has 6 heteroatoms. The number of aliphatic hydroxyl groups excluding tert-OH is 2. The second kappa shape index (κ2) is 10.4. The van der Waals surface area contributed by atoms with E-state index < -0.39 is 29.5 Å². The van der Waals surface area contributed by atoms with E-state index in [1.165, 1.54) is 0 Å². The first-order valence-electron chi connectivity index (χ1n) is 10.8. The number of carbonyl (C=O) groups is 1. The van der Waals surface area contributed by atoms with Crippen molar-refractivity contribution in [2.45, 2.75) is 42.2 Å². The predicted molar refractivity (Wildman–Crippen MR) is 124 cm³/mol. The largest absolute Gasteiger partial charge is 0.394 e. The van der Waals surface area contributed by atoms with E-state index in [0.717, 1.165) is 0 Å². The number of carbonyl (C=O) groups excluding carboxylic acids is 1. The minimum Gasteiger partial charge on any atom is -0.394 e. The second-order valence-corrected chi connectivity index (χ2v) is 8.51. The summed E-state index contributed by atoms with van der Waals surface area (Å²) in [7, 11) is 0. The average Bonchev–Trinajstić information content (AvgIpc) is 2.85. The summed E-state index contributed by atoms with van der Waals surface area (Å²) < 4.78 is 0. The van der Waals surface area contributed by atoms with Crippen LogP contribution < -0.4 is 0 Å². The van der Waals surface area contributed by atoms with Gasteiger partial charge in [0.1, 0.15) is 17.3 Å². The zero-order valence-electron chi connectivity index (χ0n) is 18.3. The lowest BCUT2D eigenvalue weighted by atomic mass is 9.62. The Labute approximate surface area is 193 Å². The molecule has 3 aromatic carbocycles. The van der Waals surface area contributed by atoms with Gasteiger partial charge in [-0.25, -0.2) is 0 Å². The SMILES string of the molecule is O=C[C@@](O)(Cc1ccccc1)[C@](O)(Cc1ccccc1)[C@@](O)(Cc1ccccc1)[C@H](O)CO. The van der Waals surface area contributed by atoms with Crippen molar-refractivity contribution in [2.75, 3.05) is 6.61 Å². The van der Waals surface area contributed by atoms with Crippen molar-refractivity contribution in [1.29, 1.82) is 0 Å². The van der Waals surface area contributed by atoms with Crippen LogP contribution in [0.15, 0.2) is 91.0 Å². The highest BCUT2D eigenvalue weighted by Crippen LogP contribution is 2.42. The highest BCUT2D eigenvalue weighted by atomic mass is 16.4. The number of benzene rings is 3. The Morgan fingerprint density at radius 1 is 0.667 bits per heavy atom. The maximum atomic E-state index is 12.4. The van der Waals surface area contributed by atoms with E-state index in [9.17, 15) is 30.3 Å². The van der Waals surface area contributed by atoms with Crippen LogP contribution in [0.3, 0.4) is 0 Å². The summed E-state index contributed by atoms with van der Waals surface area (Å²) in [6, 6.07) is 25.8. The molecule has 3 rings (SSSR count). The van der Waals surface area contributed by atoms with Crippen LogP contribution in [0.2, 0.25) is 0 Å². The summed E-state index contributed by atoms with van der Waals surface area (Å²) >= 11 is 0. The van der Waals surface area contributed by atoms with Gasteiger partial charge in [-0.15, -0.1) is 0 Å². The molecule has 0 heterocycles. The monoisotopic (exact) mass is 450 g/mol. The molecule has 0 bridgehead atoms. The number of hydrogen-bond acceptors (Lipinski definition) is 6. The molecular formula is C27H30O6. The van der Waals surface area contributed by atoms with Gasteiger partial charge in [-0.1, -0.05) is 91.0 Å². The van der Waals surface area contributed by atoms with Crippen LogP contribution in [0.25, 0.3) is 0 Å². The van der Waals surface area contributed by atoms with E-state index in [2.05, 4.69) is 0 Å². The number of hydrogen-bond donors (Lipinski definition) is 5. The van der Waals surface area contributed by atoms with Gasteiger partial charge in [0.05, 0.1) is 6.61 Å².